The second kappa shape index (κ2) is 8.88. The molecule has 12 heteroatoms. The molecule has 0 saturated heterocycles. The Morgan fingerprint density at radius 1 is 1.16 bits per heavy atom. The summed E-state index contributed by atoms with van der Waals surface area (Å²) in [5.41, 5.74) is -4.61. The summed E-state index contributed by atoms with van der Waals surface area (Å²) in [7, 11) is -8.45. The first-order valence-electron chi connectivity index (χ1n) is 7.07. The molecular formula is C13H18F3O6PS2. The highest BCUT2D eigenvalue weighted by Gasteiger charge is 2.35. The Morgan fingerprint density at radius 3 is 2.20 bits per heavy atom. The molecule has 0 aliphatic heterocycles. The van der Waals surface area contributed by atoms with E-state index in [1.165, 1.54) is 32.9 Å². The van der Waals surface area contributed by atoms with Crippen molar-refractivity contribution in [2.24, 2.45) is 0 Å². The molecule has 0 radical (unpaired) electrons. The predicted molar refractivity (Wildman–Crippen MR) is 87.1 cm³/mol. The van der Waals surface area contributed by atoms with E-state index in [0.29, 0.717) is 0 Å². The fourth-order valence-electron chi connectivity index (χ4n) is 1.85. The maximum absolute atomic E-state index is 12.7. The third-order valence-corrected chi connectivity index (χ3v) is 6.98. The molecule has 0 aliphatic rings. The number of rotatable bonds is 9. The Balaban J connectivity index is 3.16. The summed E-state index contributed by atoms with van der Waals surface area (Å²) < 4.78 is 89.5. The number of aryl methyl sites for hydroxylation is 1. The lowest BCUT2D eigenvalue weighted by Crippen LogP contribution is -2.13. The van der Waals surface area contributed by atoms with Gasteiger partial charge < -0.3 is 9.05 Å². The molecule has 0 unspecified atom stereocenters. The minimum atomic E-state index is -4.68. The normalized spacial score (nSPS) is 13.2. The van der Waals surface area contributed by atoms with E-state index in [0.717, 1.165) is 6.07 Å². The third-order valence-electron chi connectivity index (χ3n) is 2.67. The molecule has 0 atom stereocenters. The van der Waals surface area contributed by atoms with Crippen LogP contribution in [0.4, 0.5) is 13.2 Å². The molecule has 0 N–H and O–H groups in total. The molecule has 0 saturated carbocycles. The number of thioether (sulfide) groups is 1. The Morgan fingerprint density at radius 2 is 1.72 bits per heavy atom. The van der Waals surface area contributed by atoms with Gasteiger partial charge in [0.15, 0.2) is 6.35 Å². The maximum Gasteiger partial charge on any atom is 0.446 e. The van der Waals surface area contributed by atoms with E-state index in [1.807, 2.05) is 0 Å². The molecule has 0 amide bonds. The first-order valence-corrected chi connectivity index (χ1v) is 11.0. The highest BCUT2D eigenvalue weighted by Crippen LogP contribution is 2.49. The lowest BCUT2D eigenvalue weighted by Gasteiger charge is -2.18. The van der Waals surface area contributed by atoms with Crippen molar-refractivity contribution in [2.75, 3.05) is 19.6 Å². The SMILES string of the molecule is CCOP(=O)(COS(=O)(=O)c1c(C)cccc1SC(F)(F)F)OCC. The van der Waals surface area contributed by atoms with Gasteiger partial charge in [-0.2, -0.15) is 21.6 Å². The van der Waals surface area contributed by atoms with E-state index < -0.39 is 51.1 Å². The van der Waals surface area contributed by atoms with Gasteiger partial charge in [-0.1, -0.05) is 12.1 Å². The first kappa shape index (κ1) is 22.5. The van der Waals surface area contributed by atoms with Crippen molar-refractivity contribution in [1.82, 2.24) is 0 Å². The summed E-state index contributed by atoms with van der Waals surface area (Å²) in [6.07, 6.45) is -0.929. The molecule has 0 spiro atoms. The minimum absolute atomic E-state index is 0.0137. The quantitative estimate of drug-likeness (QED) is 0.329. The van der Waals surface area contributed by atoms with E-state index in [-0.39, 0.29) is 18.8 Å². The van der Waals surface area contributed by atoms with Gasteiger partial charge in [0, 0.05) is 4.90 Å². The Hall–Kier alpha value is -0.580. The summed E-state index contributed by atoms with van der Waals surface area (Å²) >= 11 is -0.568. The van der Waals surface area contributed by atoms with Crippen LogP contribution in [-0.4, -0.2) is 33.5 Å². The molecule has 1 aromatic rings. The second-order valence-corrected chi connectivity index (χ2v) is 9.25. The zero-order valence-corrected chi connectivity index (χ0v) is 16.2. The molecule has 0 aliphatic carbocycles. The minimum Gasteiger partial charge on any atom is -0.307 e. The smallest absolute Gasteiger partial charge is 0.307 e. The van der Waals surface area contributed by atoms with E-state index in [4.69, 9.17) is 13.2 Å². The fraction of sp³-hybridized carbons (Fsp3) is 0.538. The summed E-state index contributed by atoms with van der Waals surface area (Å²) in [5.74, 6) is 0. The summed E-state index contributed by atoms with van der Waals surface area (Å²) in [6.45, 7) is 4.36. The highest BCUT2D eigenvalue weighted by molar-refractivity contribution is 8.00. The predicted octanol–water partition coefficient (Wildman–Crippen LogP) is 4.54. The molecule has 25 heavy (non-hydrogen) atoms. The van der Waals surface area contributed by atoms with Gasteiger partial charge in [-0.15, -0.1) is 0 Å². The zero-order chi connectivity index (χ0) is 19.3. The van der Waals surface area contributed by atoms with Crippen LogP contribution in [-0.2, 0) is 27.9 Å². The molecule has 0 aromatic heterocycles. The van der Waals surface area contributed by atoms with Gasteiger partial charge in [0.25, 0.3) is 10.1 Å². The number of benzene rings is 1. The monoisotopic (exact) mass is 422 g/mol. The van der Waals surface area contributed by atoms with Crippen LogP contribution >= 0.6 is 19.4 Å². The number of hydrogen-bond donors (Lipinski definition) is 0. The molecule has 144 valence electrons. The van der Waals surface area contributed by atoms with Crippen LogP contribution in [0.5, 0.6) is 0 Å². The largest absolute Gasteiger partial charge is 0.446 e. The van der Waals surface area contributed by atoms with E-state index >= 15 is 0 Å². The molecule has 0 heterocycles. The Bertz CT molecular complexity index is 726. The van der Waals surface area contributed by atoms with Gasteiger partial charge in [-0.05, 0) is 44.2 Å². The molecule has 0 fully saturated rings. The molecular weight excluding hydrogens is 404 g/mol. The Labute approximate surface area is 148 Å². The lowest BCUT2D eigenvalue weighted by molar-refractivity contribution is -0.0329. The van der Waals surface area contributed by atoms with Crippen molar-refractivity contribution >= 4 is 29.5 Å². The van der Waals surface area contributed by atoms with Gasteiger partial charge in [0.2, 0.25) is 0 Å². The fourth-order valence-corrected chi connectivity index (χ4v) is 5.91. The van der Waals surface area contributed by atoms with Crippen LogP contribution in [0.25, 0.3) is 0 Å². The molecule has 1 aromatic carbocycles. The van der Waals surface area contributed by atoms with Gasteiger partial charge in [0.1, 0.15) is 4.90 Å². The summed E-state index contributed by atoms with van der Waals surface area (Å²) in [4.78, 5) is -1.16. The van der Waals surface area contributed by atoms with Crippen LogP contribution < -0.4 is 0 Å². The second-order valence-electron chi connectivity index (χ2n) is 4.60. The average Bonchev–Trinajstić information content (AvgIpc) is 2.44. The molecule has 1 rings (SSSR count). The zero-order valence-electron chi connectivity index (χ0n) is 13.7. The first-order chi connectivity index (χ1) is 11.4. The van der Waals surface area contributed by atoms with E-state index in [2.05, 4.69) is 0 Å². The third kappa shape index (κ3) is 6.92. The maximum atomic E-state index is 12.7. The number of hydrogen-bond acceptors (Lipinski definition) is 7. The molecule has 0 bridgehead atoms. The van der Waals surface area contributed by atoms with Gasteiger partial charge in [0.05, 0.1) is 13.2 Å². The van der Waals surface area contributed by atoms with Crippen LogP contribution in [0.1, 0.15) is 19.4 Å². The van der Waals surface area contributed by atoms with E-state index in [1.54, 1.807) is 0 Å². The van der Waals surface area contributed by atoms with Crippen molar-refractivity contribution in [3.8, 4) is 0 Å². The Kier molecular flexibility index (Phi) is 7.97. The highest BCUT2D eigenvalue weighted by atomic mass is 32.2. The summed E-state index contributed by atoms with van der Waals surface area (Å²) in [5, 5.41) is 0. The van der Waals surface area contributed by atoms with Crippen molar-refractivity contribution < 1.29 is 39.4 Å². The van der Waals surface area contributed by atoms with Crippen LogP contribution in [0.2, 0.25) is 0 Å². The van der Waals surface area contributed by atoms with E-state index in [9.17, 15) is 26.2 Å². The van der Waals surface area contributed by atoms with Crippen molar-refractivity contribution in [1.29, 1.82) is 0 Å². The average molecular weight is 422 g/mol. The van der Waals surface area contributed by atoms with Gasteiger partial charge >= 0.3 is 13.1 Å². The number of alkyl halides is 3. The van der Waals surface area contributed by atoms with Gasteiger partial charge in [-0.25, -0.2) is 0 Å². The van der Waals surface area contributed by atoms with Crippen molar-refractivity contribution in [3.05, 3.63) is 23.8 Å². The van der Waals surface area contributed by atoms with Crippen LogP contribution in [0, 0.1) is 6.92 Å². The summed E-state index contributed by atoms with van der Waals surface area (Å²) in [6, 6.07) is 3.65. The van der Waals surface area contributed by atoms with Gasteiger partial charge in [-0.3, -0.25) is 8.75 Å². The van der Waals surface area contributed by atoms with Crippen LogP contribution in [0.15, 0.2) is 28.0 Å². The standard InChI is InChI=1S/C13H18F3O6PS2/c1-4-20-23(17,21-5-2)9-22-25(18,19)12-10(3)7-6-8-11(12)24-13(14,15)16/h6-8H,4-5,9H2,1-3H3. The molecule has 6 nitrogen and oxygen atoms in total. The van der Waals surface area contributed by atoms with Crippen LogP contribution in [0.3, 0.4) is 0 Å². The van der Waals surface area contributed by atoms with Crippen molar-refractivity contribution in [2.45, 2.75) is 36.1 Å². The lowest BCUT2D eigenvalue weighted by atomic mass is 10.2. The van der Waals surface area contributed by atoms with Crippen molar-refractivity contribution in [3.63, 3.8) is 0 Å². The number of halogens is 3. The topological polar surface area (TPSA) is 78.9 Å².